The van der Waals surface area contributed by atoms with Crippen LogP contribution in [0.5, 0.6) is 0 Å². The lowest BCUT2D eigenvalue weighted by Crippen LogP contribution is -2.42. The number of hydrogen-bond acceptors (Lipinski definition) is 3. The first-order valence-corrected chi connectivity index (χ1v) is 12.2. The predicted octanol–water partition coefficient (Wildman–Crippen LogP) is 6.23. The Morgan fingerprint density at radius 3 is 2.57 bits per heavy atom. The van der Waals surface area contributed by atoms with E-state index in [2.05, 4.69) is 4.98 Å². The van der Waals surface area contributed by atoms with E-state index in [0.717, 1.165) is 11.1 Å². The molecule has 2 aliphatic rings. The van der Waals surface area contributed by atoms with Gasteiger partial charge in [-0.1, -0.05) is 30.3 Å². The third kappa shape index (κ3) is 4.03. The molecular weight excluding hydrogens is 483 g/mol. The Hall–Kier alpha value is -2.81. The minimum Gasteiger partial charge on any atom is -0.337 e. The molecule has 3 unspecified atom stereocenters. The summed E-state index contributed by atoms with van der Waals surface area (Å²) in [6.45, 7) is 1.41. The fourth-order valence-electron chi connectivity index (χ4n) is 5.61. The van der Waals surface area contributed by atoms with Gasteiger partial charge in [0.05, 0.1) is 11.7 Å². The number of carbonyl (C=O) groups is 1. The van der Waals surface area contributed by atoms with E-state index < -0.39 is 22.8 Å². The second-order valence-corrected chi connectivity index (χ2v) is 10.5. The molecule has 3 nitrogen and oxygen atoms in total. The van der Waals surface area contributed by atoms with Crippen LogP contribution in [-0.2, 0) is 23.9 Å². The molecule has 0 N–H and O–H groups in total. The molecule has 5 rings (SSSR count). The lowest BCUT2D eigenvalue weighted by molar-refractivity contribution is -0.228. The number of rotatable bonds is 4. The van der Waals surface area contributed by atoms with Crippen molar-refractivity contribution in [1.29, 1.82) is 0 Å². The summed E-state index contributed by atoms with van der Waals surface area (Å²) in [7, 11) is 0. The molecule has 0 bridgehead atoms. The minimum absolute atomic E-state index is 0.0575. The summed E-state index contributed by atoms with van der Waals surface area (Å²) in [5, 5.41) is 0. The molecule has 3 atom stereocenters. The lowest BCUT2D eigenvalue weighted by Gasteiger charge is -2.41. The number of fused-ring (bicyclic) bond motifs is 3. The van der Waals surface area contributed by atoms with E-state index in [-0.39, 0.29) is 17.6 Å². The Labute approximate surface area is 203 Å². The van der Waals surface area contributed by atoms with E-state index in [0.29, 0.717) is 49.7 Å². The van der Waals surface area contributed by atoms with Crippen LogP contribution in [0.1, 0.15) is 45.3 Å². The number of likely N-dealkylation sites (tertiary alicyclic amines) is 1. The molecule has 9 heteroatoms. The van der Waals surface area contributed by atoms with Gasteiger partial charge >= 0.3 is 6.18 Å². The number of carbonyl (C=O) groups excluding carboxylic acids is 1. The van der Waals surface area contributed by atoms with Crippen molar-refractivity contribution < 1.29 is 26.7 Å². The number of alkyl halides is 4. The number of halogens is 5. The van der Waals surface area contributed by atoms with Gasteiger partial charge in [-0.15, -0.1) is 11.3 Å². The quantitative estimate of drug-likeness (QED) is 0.393. The van der Waals surface area contributed by atoms with Gasteiger partial charge in [0.25, 0.3) is 5.91 Å². The molecule has 2 aromatic carbocycles. The van der Waals surface area contributed by atoms with Gasteiger partial charge < -0.3 is 4.90 Å². The zero-order valence-electron chi connectivity index (χ0n) is 18.9. The third-order valence-corrected chi connectivity index (χ3v) is 8.30. The van der Waals surface area contributed by atoms with Gasteiger partial charge in [0, 0.05) is 18.5 Å². The molecule has 0 spiro atoms. The summed E-state index contributed by atoms with van der Waals surface area (Å²) in [5.41, 5.74) is -0.501. The highest BCUT2D eigenvalue weighted by Gasteiger charge is 2.55. The topological polar surface area (TPSA) is 33.2 Å². The van der Waals surface area contributed by atoms with E-state index in [4.69, 9.17) is 0 Å². The van der Waals surface area contributed by atoms with Crippen LogP contribution < -0.4 is 0 Å². The molecule has 2 heterocycles. The van der Waals surface area contributed by atoms with E-state index in [9.17, 15) is 26.7 Å². The molecule has 1 amide bonds. The SMILES string of the molecule is CC(F)(c1ccc2c(c1)CCC1CN(C(=O)c3cncs3)CC21Cc1ccc(F)cc1)C(F)(F)F. The van der Waals surface area contributed by atoms with Crippen LogP contribution in [0.2, 0.25) is 0 Å². The van der Waals surface area contributed by atoms with Crippen LogP contribution in [0, 0.1) is 11.7 Å². The number of thiazole rings is 1. The van der Waals surface area contributed by atoms with Gasteiger partial charge in [-0.05, 0) is 66.5 Å². The summed E-state index contributed by atoms with van der Waals surface area (Å²) < 4.78 is 68.5. The second kappa shape index (κ2) is 8.40. The summed E-state index contributed by atoms with van der Waals surface area (Å²) in [4.78, 5) is 19.5. The number of benzene rings is 2. The van der Waals surface area contributed by atoms with Crippen LogP contribution in [-0.4, -0.2) is 35.1 Å². The molecule has 0 saturated carbocycles. The van der Waals surface area contributed by atoms with Gasteiger partial charge in [0.1, 0.15) is 10.7 Å². The van der Waals surface area contributed by atoms with Gasteiger partial charge in [0.2, 0.25) is 5.67 Å². The molecule has 184 valence electrons. The highest BCUT2D eigenvalue weighted by Crippen LogP contribution is 2.51. The third-order valence-electron chi connectivity index (χ3n) is 7.54. The van der Waals surface area contributed by atoms with Crippen LogP contribution in [0.15, 0.2) is 54.2 Å². The van der Waals surface area contributed by atoms with E-state index >= 15 is 0 Å². The highest BCUT2D eigenvalue weighted by molar-refractivity contribution is 7.11. The Balaban J connectivity index is 1.58. The monoisotopic (exact) mass is 506 g/mol. The van der Waals surface area contributed by atoms with Crippen molar-refractivity contribution in [3.8, 4) is 0 Å². The molecular formula is C26H23F5N2OS. The number of nitrogens with zero attached hydrogens (tertiary/aromatic N) is 2. The van der Waals surface area contributed by atoms with Crippen molar-refractivity contribution in [2.45, 2.75) is 43.4 Å². The first-order valence-electron chi connectivity index (χ1n) is 11.3. The number of amides is 1. The van der Waals surface area contributed by atoms with E-state index in [1.807, 2.05) is 0 Å². The maximum atomic E-state index is 14.8. The predicted molar refractivity (Wildman–Crippen MR) is 123 cm³/mol. The Bertz CT molecular complexity index is 1240. The molecule has 1 fully saturated rings. The Morgan fingerprint density at radius 2 is 1.91 bits per heavy atom. The minimum atomic E-state index is -5.03. The molecule has 1 saturated heterocycles. The molecule has 0 radical (unpaired) electrons. The Morgan fingerprint density at radius 1 is 1.17 bits per heavy atom. The van der Waals surface area contributed by atoms with Crippen LogP contribution in [0.25, 0.3) is 0 Å². The first kappa shape index (κ1) is 23.9. The van der Waals surface area contributed by atoms with Crippen molar-refractivity contribution in [1.82, 2.24) is 9.88 Å². The zero-order chi connectivity index (χ0) is 25.0. The van der Waals surface area contributed by atoms with Crippen LogP contribution in [0.4, 0.5) is 22.0 Å². The second-order valence-electron chi connectivity index (χ2n) is 9.62. The largest absolute Gasteiger partial charge is 0.426 e. The lowest BCUT2D eigenvalue weighted by atomic mass is 9.62. The van der Waals surface area contributed by atoms with E-state index in [1.165, 1.54) is 41.8 Å². The number of hydrogen-bond donors (Lipinski definition) is 0. The normalized spacial score (nSPS) is 23.5. The Kier molecular flexibility index (Phi) is 5.74. The van der Waals surface area contributed by atoms with Crippen molar-refractivity contribution in [3.63, 3.8) is 0 Å². The fourth-order valence-corrected chi connectivity index (χ4v) is 6.20. The van der Waals surface area contributed by atoms with Gasteiger partial charge in [-0.3, -0.25) is 9.78 Å². The van der Waals surface area contributed by atoms with Crippen LogP contribution in [0.3, 0.4) is 0 Å². The molecule has 1 aliphatic heterocycles. The maximum Gasteiger partial charge on any atom is 0.426 e. The summed E-state index contributed by atoms with van der Waals surface area (Å²) >= 11 is 1.26. The van der Waals surface area contributed by atoms with Gasteiger partial charge in [0.15, 0.2) is 0 Å². The molecule has 35 heavy (non-hydrogen) atoms. The van der Waals surface area contributed by atoms with Crippen molar-refractivity contribution in [2.75, 3.05) is 13.1 Å². The summed E-state index contributed by atoms with van der Waals surface area (Å²) in [6.07, 6.45) is -1.87. The molecule has 3 aromatic rings. The average Bonchev–Trinajstić information content (AvgIpc) is 3.47. The number of aryl methyl sites for hydroxylation is 1. The first-order chi connectivity index (χ1) is 16.5. The van der Waals surface area contributed by atoms with Gasteiger partial charge in [-0.2, -0.15) is 13.2 Å². The van der Waals surface area contributed by atoms with Crippen LogP contribution >= 0.6 is 11.3 Å². The molecule has 1 aromatic heterocycles. The van der Waals surface area contributed by atoms with Crippen molar-refractivity contribution >= 4 is 17.2 Å². The smallest absolute Gasteiger partial charge is 0.337 e. The standard InChI is InChI=1S/C26H23F5N2OS/c1-24(28,26(29,30)31)18-6-9-21-17(10-18)4-5-19-13-33(23(34)22-12-32-15-35-22)14-25(19,21)11-16-2-7-20(27)8-3-16/h2-3,6-10,12,15,19H,4-5,11,13-14H2,1H3. The molecule has 1 aliphatic carbocycles. The van der Waals surface area contributed by atoms with Gasteiger partial charge in [-0.25, -0.2) is 8.78 Å². The highest BCUT2D eigenvalue weighted by atomic mass is 32.1. The average molecular weight is 507 g/mol. The fraction of sp³-hybridized carbons (Fsp3) is 0.385. The summed E-state index contributed by atoms with van der Waals surface area (Å²) in [6, 6.07) is 10.3. The van der Waals surface area contributed by atoms with Crippen molar-refractivity contribution in [3.05, 3.63) is 87.1 Å². The number of aromatic nitrogens is 1. The van der Waals surface area contributed by atoms with E-state index in [1.54, 1.807) is 28.6 Å². The maximum absolute atomic E-state index is 14.8. The zero-order valence-corrected chi connectivity index (χ0v) is 19.7. The van der Waals surface area contributed by atoms with Crippen molar-refractivity contribution in [2.24, 2.45) is 5.92 Å². The summed E-state index contributed by atoms with van der Waals surface area (Å²) in [5.74, 6) is -0.437.